The molecule has 2 aliphatic rings. The maximum atomic E-state index is 13.3. The van der Waals surface area contributed by atoms with Gasteiger partial charge in [-0.1, -0.05) is 23.7 Å². The predicted octanol–water partition coefficient (Wildman–Crippen LogP) is 3.44. The first-order valence-corrected chi connectivity index (χ1v) is 9.51. The van der Waals surface area contributed by atoms with Gasteiger partial charge in [0.15, 0.2) is 0 Å². The van der Waals surface area contributed by atoms with E-state index in [0.29, 0.717) is 23.7 Å². The summed E-state index contributed by atoms with van der Waals surface area (Å²) in [6.45, 7) is 1.11. The quantitative estimate of drug-likeness (QED) is 0.737. The summed E-state index contributed by atoms with van der Waals surface area (Å²) in [6.07, 6.45) is 0.817. The average Bonchev–Trinajstić information content (AvgIpc) is 3.29. The second kappa shape index (κ2) is 6.01. The van der Waals surface area contributed by atoms with Gasteiger partial charge in [0.25, 0.3) is 5.91 Å². The topological polar surface area (TPSA) is 65.8 Å². The van der Waals surface area contributed by atoms with E-state index in [4.69, 9.17) is 16.7 Å². The van der Waals surface area contributed by atoms with Crippen molar-refractivity contribution in [2.24, 2.45) is 7.05 Å². The lowest BCUT2D eigenvalue weighted by atomic mass is 10.1. The van der Waals surface area contributed by atoms with Crippen molar-refractivity contribution in [3.8, 4) is 0 Å². The van der Waals surface area contributed by atoms with Crippen LogP contribution in [0.4, 0.5) is 11.4 Å². The summed E-state index contributed by atoms with van der Waals surface area (Å²) in [4.78, 5) is 28.0. The van der Waals surface area contributed by atoms with Crippen molar-refractivity contribution in [3.05, 3.63) is 58.2 Å². The lowest BCUT2D eigenvalue weighted by Gasteiger charge is -2.21. The van der Waals surface area contributed by atoms with E-state index in [9.17, 15) is 9.59 Å². The number of aryl methyl sites for hydroxylation is 1. The minimum atomic E-state index is -0.857. The average molecular weight is 396 g/mol. The van der Waals surface area contributed by atoms with Crippen molar-refractivity contribution in [3.63, 3.8) is 0 Å². The molecule has 0 atom stereocenters. The molecule has 5 rings (SSSR count). The molecule has 28 heavy (non-hydrogen) atoms. The Bertz CT molecular complexity index is 1170. The maximum absolute atomic E-state index is 13.3. The van der Waals surface area contributed by atoms with Crippen molar-refractivity contribution in [1.82, 2.24) is 4.57 Å². The number of carboxylic acids is 1. The first kappa shape index (κ1) is 17.1. The van der Waals surface area contributed by atoms with Crippen LogP contribution in [0.15, 0.2) is 36.4 Å². The fourth-order valence-corrected chi connectivity index (χ4v) is 4.67. The Hall–Kier alpha value is -2.99. The van der Waals surface area contributed by atoms with Crippen molar-refractivity contribution in [2.75, 3.05) is 22.9 Å². The molecular weight excluding hydrogens is 378 g/mol. The molecule has 2 aromatic carbocycles. The van der Waals surface area contributed by atoms with Gasteiger partial charge in [0, 0.05) is 30.4 Å². The van der Waals surface area contributed by atoms with Gasteiger partial charge in [-0.05, 0) is 36.2 Å². The Morgan fingerprint density at radius 1 is 1.25 bits per heavy atom. The van der Waals surface area contributed by atoms with Crippen molar-refractivity contribution < 1.29 is 14.7 Å². The summed E-state index contributed by atoms with van der Waals surface area (Å²) in [5.74, 6) is -0.930. The molecule has 6 nitrogen and oxygen atoms in total. The van der Waals surface area contributed by atoms with Crippen LogP contribution in [0.3, 0.4) is 0 Å². The summed E-state index contributed by atoms with van der Waals surface area (Å²) in [7, 11) is 1.95. The molecule has 0 unspecified atom stereocenters. The number of rotatable bonds is 3. The van der Waals surface area contributed by atoms with E-state index in [1.54, 1.807) is 11.0 Å². The summed E-state index contributed by atoms with van der Waals surface area (Å²) >= 11 is 6.41. The first-order chi connectivity index (χ1) is 13.5. The number of aromatic nitrogens is 1. The number of amides is 1. The normalized spacial score (nSPS) is 15.4. The zero-order valence-corrected chi connectivity index (χ0v) is 16.0. The Kier molecular flexibility index (Phi) is 3.67. The number of hydrogen-bond donors (Lipinski definition) is 1. The third-order valence-corrected chi connectivity index (χ3v) is 6.08. The van der Waals surface area contributed by atoms with Crippen LogP contribution in [0.25, 0.3) is 10.9 Å². The highest BCUT2D eigenvalue weighted by Gasteiger charge is 2.35. The number of carboxylic acid groups (broad SMARTS) is 1. The third-order valence-electron chi connectivity index (χ3n) is 5.76. The van der Waals surface area contributed by atoms with Gasteiger partial charge in [0.2, 0.25) is 0 Å². The van der Waals surface area contributed by atoms with E-state index >= 15 is 0 Å². The molecule has 0 fully saturated rings. The van der Waals surface area contributed by atoms with Gasteiger partial charge < -0.3 is 19.5 Å². The van der Waals surface area contributed by atoms with E-state index in [2.05, 4.69) is 0 Å². The molecule has 0 bridgehead atoms. The second-order valence-corrected chi connectivity index (χ2v) is 7.69. The number of fused-ring (bicyclic) bond motifs is 4. The molecule has 0 saturated heterocycles. The largest absolute Gasteiger partial charge is 0.480 e. The SMILES string of the molecule is Cn1c2c(c3c(Cl)cccc31)C(=O)N(c1ccc3c(c1)N(CC(=O)O)CC3)C2. The monoisotopic (exact) mass is 395 g/mol. The second-order valence-electron chi connectivity index (χ2n) is 7.28. The lowest BCUT2D eigenvalue weighted by Crippen LogP contribution is -2.28. The number of anilines is 2. The van der Waals surface area contributed by atoms with Crippen LogP contribution in [0, 0.1) is 0 Å². The molecule has 0 spiro atoms. The minimum Gasteiger partial charge on any atom is -0.480 e. The molecule has 3 aromatic rings. The van der Waals surface area contributed by atoms with Crippen LogP contribution >= 0.6 is 11.6 Å². The third kappa shape index (κ3) is 2.34. The molecule has 1 amide bonds. The van der Waals surface area contributed by atoms with Gasteiger partial charge in [-0.15, -0.1) is 0 Å². The maximum Gasteiger partial charge on any atom is 0.323 e. The summed E-state index contributed by atoms with van der Waals surface area (Å²) in [5, 5.41) is 10.5. The molecule has 0 radical (unpaired) electrons. The molecule has 1 aromatic heterocycles. The van der Waals surface area contributed by atoms with Crippen LogP contribution in [-0.4, -0.2) is 34.6 Å². The van der Waals surface area contributed by atoms with Crippen LogP contribution in [0.1, 0.15) is 21.6 Å². The Morgan fingerprint density at radius 2 is 2.07 bits per heavy atom. The van der Waals surface area contributed by atoms with Crippen LogP contribution in [0.2, 0.25) is 5.02 Å². The summed E-state index contributed by atoms with van der Waals surface area (Å²) < 4.78 is 2.03. The number of nitrogens with zero attached hydrogens (tertiary/aromatic N) is 3. The van der Waals surface area contributed by atoms with Crippen LogP contribution in [0.5, 0.6) is 0 Å². The fraction of sp³-hybridized carbons (Fsp3) is 0.238. The van der Waals surface area contributed by atoms with Gasteiger partial charge in [-0.3, -0.25) is 9.59 Å². The van der Waals surface area contributed by atoms with Crippen molar-refractivity contribution in [1.29, 1.82) is 0 Å². The summed E-state index contributed by atoms with van der Waals surface area (Å²) in [6, 6.07) is 11.5. The van der Waals surface area contributed by atoms with Crippen molar-refractivity contribution >= 4 is 45.8 Å². The molecule has 142 valence electrons. The van der Waals surface area contributed by atoms with E-state index < -0.39 is 5.97 Å². The zero-order valence-electron chi connectivity index (χ0n) is 15.3. The number of carbonyl (C=O) groups is 2. The summed E-state index contributed by atoms with van der Waals surface area (Å²) in [5.41, 5.74) is 5.33. The highest BCUT2D eigenvalue weighted by Crippen LogP contribution is 2.40. The van der Waals surface area contributed by atoms with Gasteiger partial charge in [-0.25, -0.2) is 0 Å². The number of benzene rings is 2. The van der Waals surface area contributed by atoms with Crippen molar-refractivity contribution in [2.45, 2.75) is 13.0 Å². The van der Waals surface area contributed by atoms with E-state index in [-0.39, 0.29) is 12.5 Å². The van der Waals surface area contributed by atoms with Gasteiger partial charge in [0.05, 0.1) is 28.3 Å². The zero-order chi connectivity index (χ0) is 19.6. The number of carbonyl (C=O) groups excluding carboxylic acids is 1. The molecule has 7 heteroatoms. The number of halogens is 1. The highest BCUT2D eigenvalue weighted by molar-refractivity contribution is 6.37. The lowest BCUT2D eigenvalue weighted by molar-refractivity contribution is -0.135. The molecule has 3 heterocycles. The highest BCUT2D eigenvalue weighted by atomic mass is 35.5. The first-order valence-electron chi connectivity index (χ1n) is 9.13. The number of aliphatic carboxylic acids is 1. The van der Waals surface area contributed by atoms with Crippen LogP contribution < -0.4 is 9.80 Å². The van der Waals surface area contributed by atoms with Gasteiger partial charge in [0.1, 0.15) is 6.54 Å². The predicted molar refractivity (Wildman–Crippen MR) is 108 cm³/mol. The molecule has 0 saturated carbocycles. The Morgan fingerprint density at radius 3 is 2.86 bits per heavy atom. The van der Waals surface area contributed by atoms with Crippen LogP contribution in [-0.2, 0) is 24.8 Å². The van der Waals surface area contributed by atoms with Gasteiger partial charge in [-0.2, -0.15) is 0 Å². The van der Waals surface area contributed by atoms with E-state index in [0.717, 1.165) is 40.0 Å². The van der Waals surface area contributed by atoms with E-state index in [1.807, 2.05) is 46.8 Å². The molecule has 0 aliphatic carbocycles. The fourth-order valence-electron chi connectivity index (χ4n) is 4.41. The number of hydrogen-bond acceptors (Lipinski definition) is 3. The van der Waals surface area contributed by atoms with E-state index in [1.165, 1.54) is 0 Å². The molecule has 2 aliphatic heterocycles. The Balaban J connectivity index is 1.56. The van der Waals surface area contributed by atoms with Gasteiger partial charge >= 0.3 is 5.97 Å². The Labute approximate surface area is 166 Å². The minimum absolute atomic E-state index is 0.0368. The molecule has 1 N–H and O–H groups in total. The standard InChI is InChI=1S/C21H18ClN3O3/c1-23-15-4-2-3-14(22)19(15)20-17(23)10-25(21(20)28)13-6-5-12-7-8-24(11-18(26)27)16(12)9-13/h2-6,9H,7-8,10-11H2,1H3,(H,26,27). The smallest absolute Gasteiger partial charge is 0.323 e. The molecular formula is C21H18ClN3O3.